The predicted octanol–water partition coefficient (Wildman–Crippen LogP) is 3.27. The lowest BCUT2D eigenvalue weighted by Crippen LogP contribution is -2.06. The topological polar surface area (TPSA) is 64.1 Å². The van der Waals surface area contributed by atoms with Crippen molar-refractivity contribution < 1.29 is 13.9 Å². The fourth-order valence-corrected chi connectivity index (χ4v) is 2.83. The van der Waals surface area contributed by atoms with E-state index in [0.717, 1.165) is 16.6 Å². The van der Waals surface area contributed by atoms with E-state index in [1.165, 1.54) is 13.2 Å². The molecule has 120 valence electrons. The molecule has 0 spiro atoms. The van der Waals surface area contributed by atoms with Crippen LogP contribution < -0.4 is 5.32 Å². The van der Waals surface area contributed by atoms with Crippen LogP contribution in [0.25, 0.3) is 0 Å². The van der Waals surface area contributed by atoms with Crippen molar-refractivity contribution in [2.45, 2.75) is 18.9 Å². The van der Waals surface area contributed by atoms with Crippen molar-refractivity contribution in [3.05, 3.63) is 52.1 Å². The summed E-state index contributed by atoms with van der Waals surface area (Å²) in [4.78, 5) is 20.0. The maximum absolute atomic E-state index is 13.7. The van der Waals surface area contributed by atoms with Gasteiger partial charge in [-0.25, -0.2) is 9.37 Å². The number of benzene rings is 1. The number of ether oxygens (including phenoxy) is 1. The standard InChI is InChI=1S/C16H15BrFN3O2/c1-23-16(22)12-5-11(12)14-7-21-15(8-19-14)20-6-9-4-10(17)2-3-13(9)18/h2-4,7-8,11-12H,5-6H2,1H3,(H,20,21)/t11-,12-/m0/s1. The zero-order chi connectivity index (χ0) is 16.4. The summed E-state index contributed by atoms with van der Waals surface area (Å²) in [5.41, 5.74) is 1.32. The maximum atomic E-state index is 13.7. The zero-order valence-electron chi connectivity index (χ0n) is 12.4. The Morgan fingerprint density at radius 3 is 2.96 bits per heavy atom. The minimum atomic E-state index is -0.274. The molecule has 1 aliphatic rings. The van der Waals surface area contributed by atoms with Crippen LogP contribution >= 0.6 is 15.9 Å². The smallest absolute Gasteiger partial charge is 0.309 e. The van der Waals surface area contributed by atoms with Crippen molar-refractivity contribution in [3.63, 3.8) is 0 Å². The van der Waals surface area contributed by atoms with Gasteiger partial charge in [0.15, 0.2) is 0 Å². The van der Waals surface area contributed by atoms with Gasteiger partial charge in [0.25, 0.3) is 0 Å². The number of carbonyl (C=O) groups excluding carboxylic acids is 1. The summed E-state index contributed by atoms with van der Waals surface area (Å²) >= 11 is 3.32. The summed E-state index contributed by atoms with van der Waals surface area (Å²) in [6, 6.07) is 4.78. The normalized spacial score (nSPS) is 19.3. The summed E-state index contributed by atoms with van der Waals surface area (Å²) in [5.74, 6) is 0.0621. The van der Waals surface area contributed by atoms with Gasteiger partial charge in [0.1, 0.15) is 11.6 Å². The Bertz CT molecular complexity index is 724. The Hall–Kier alpha value is -2.02. The Morgan fingerprint density at radius 1 is 1.43 bits per heavy atom. The van der Waals surface area contributed by atoms with E-state index >= 15 is 0 Å². The largest absolute Gasteiger partial charge is 0.469 e. The number of hydrogen-bond acceptors (Lipinski definition) is 5. The SMILES string of the molecule is COC(=O)[C@H]1C[C@@H]1c1cnc(NCc2cc(Br)ccc2F)cn1. The summed E-state index contributed by atoms with van der Waals surface area (Å²) in [7, 11) is 1.39. The molecule has 0 radical (unpaired) electrons. The predicted molar refractivity (Wildman–Crippen MR) is 86.3 cm³/mol. The average Bonchev–Trinajstić information content (AvgIpc) is 3.36. The van der Waals surface area contributed by atoms with E-state index in [9.17, 15) is 9.18 Å². The first kappa shape index (κ1) is 15.9. The van der Waals surface area contributed by atoms with Gasteiger partial charge in [-0.15, -0.1) is 0 Å². The number of aromatic nitrogens is 2. The highest BCUT2D eigenvalue weighted by molar-refractivity contribution is 9.10. The van der Waals surface area contributed by atoms with Crippen LogP contribution in [0.15, 0.2) is 35.1 Å². The van der Waals surface area contributed by atoms with Crippen molar-refractivity contribution in [3.8, 4) is 0 Å². The molecule has 1 aromatic carbocycles. The number of rotatable bonds is 5. The highest BCUT2D eigenvalue weighted by Gasteiger charge is 2.46. The van der Waals surface area contributed by atoms with Crippen LogP contribution in [-0.2, 0) is 16.1 Å². The molecule has 7 heteroatoms. The van der Waals surface area contributed by atoms with Crippen LogP contribution in [0.3, 0.4) is 0 Å². The lowest BCUT2D eigenvalue weighted by Gasteiger charge is -2.07. The van der Waals surface area contributed by atoms with E-state index in [2.05, 4.69) is 31.2 Å². The Labute approximate surface area is 141 Å². The molecule has 1 fully saturated rings. The quantitative estimate of drug-likeness (QED) is 0.807. The second-order valence-corrected chi connectivity index (χ2v) is 6.30. The number of hydrogen-bond donors (Lipinski definition) is 1. The van der Waals surface area contributed by atoms with Gasteiger partial charge in [-0.2, -0.15) is 0 Å². The lowest BCUT2D eigenvalue weighted by atomic mass is 10.2. The Balaban J connectivity index is 1.60. The minimum absolute atomic E-state index is 0.0894. The first-order chi connectivity index (χ1) is 11.1. The number of esters is 1. The number of anilines is 1. The zero-order valence-corrected chi connectivity index (χ0v) is 14.0. The first-order valence-electron chi connectivity index (χ1n) is 7.16. The van der Waals surface area contributed by atoms with Crippen molar-refractivity contribution >= 4 is 27.7 Å². The van der Waals surface area contributed by atoms with E-state index in [-0.39, 0.29) is 23.6 Å². The second-order valence-electron chi connectivity index (χ2n) is 5.39. The number of halogens is 2. The number of carbonyl (C=O) groups is 1. The monoisotopic (exact) mass is 379 g/mol. The van der Waals surface area contributed by atoms with Gasteiger partial charge >= 0.3 is 5.97 Å². The van der Waals surface area contributed by atoms with Crippen LogP contribution in [0.4, 0.5) is 10.2 Å². The van der Waals surface area contributed by atoms with E-state index in [1.807, 2.05) is 0 Å². The fraction of sp³-hybridized carbons (Fsp3) is 0.312. The third-order valence-electron chi connectivity index (χ3n) is 3.81. The third-order valence-corrected chi connectivity index (χ3v) is 4.31. The van der Waals surface area contributed by atoms with Gasteiger partial charge in [-0.1, -0.05) is 15.9 Å². The summed E-state index contributed by atoms with van der Waals surface area (Å²) in [6.45, 7) is 0.313. The van der Waals surface area contributed by atoms with Crippen molar-refractivity contribution in [1.82, 2.24) is 9.97 Å². The van der Waals surface area contributed by atoms with Gasteiger partial charge in [-0.3, -0.25) is 9.78 Å². The molecule has 3 rings (SSSR count). The number of nitrogens with zero attached hydrogens (tertiary/aromatic N) is 2. The fourth-order valence-electron chi connectivity index (χ4n) is 2.42. The molecular formula is C16H15BrFN3O2. The van der Waals surface area contributed by atoms with E-state index in [0.29, 0.717) is 17.9 Å². The summed E-state index contributed by atoms with van der Waals surface area (Å²) in [5, 5.41) is 3.03. The molecule has 23 heavy (non-hydrogen) atoms. The van der Waals surface area contributed by atoms with Gasteiger partial charge in [0.2, 0.25) is 0 Å². The molecule has 1 aliphatic carbocycles. The third kappa shape index (κ3) is 3.67. The number of methoxy groups -OCH3 is 1. The highest BCUT2D eigenvalue weighted by Crippen LogP contribution is 2.47. The molecule has 1 N–H and O–H groups in total. The van der Waals surface area contributed by atoms with E-state index in [4.69, 9.17) is 4.74 Å². The molecule has 5 nitrogen and oxygen atoms in total. The molecule has 0 amide bonds. The average molecular weight is 380 g/mol. The lowest BCUT2D eigenvalue weighted by molar-refractivity contribution is -0.142. The molecular weight excluding hydrogens is 365 g/mol. The van der Waals surface area contributed by atoms with Crippen LogP contribution in [-0.4, -0.2) is 23.0 Å². The van der Waals surface area contributed by atoms with Gasteiger partial charge in [0, 0.05) is 22.5 Å². The molecule has 1 aromatic heterocycles. The Morgan fingerprint density at radius 2 is 2.26 bits per heavy atom. The summed E-state index contributed by atoms with van der Waals surface area (Å²) < 4.78 is 19.2. The van der Waals surface area contributed by atoms with Gasteiger partial charge < -0.3 is 10.1 Å². The number of nitrogens with one attached hydrogen (secondary N) is 1. The van der Waals surface area contributed by atoms with Crippen molar-refractivity contribution in [2.75, 3.05) is 12.4 Å². The van der Waals surface area contributed by atoms with Crippen molar-refractivity contribution in [1.29, 1.82) is 0 Å². The molecule has 0 saturated heterocycles. The minimum Gasteiger partial charge on any atom is -0.469 e. The first-order valence-corrected chi connectivity index (χ1v) is 7.95. The Kier molecular flexibility index (Phi) is 4.56. The molecule has 0 unspecified atom stereocenters. The molecule has 0 bridgehead atoms. The second kappa shape index (κ2) is 6.62. The van der Waals surface area contributed by atoms with Gasteiger partial charge in [0.05, 0.1) is 31.1 Å². The van der Waals surface area contributed by atoms with Crippen LogP contribution in [0, 0.1) is 11.7 Å². The molecule has 2 atom stereocenters. The van der Waals surface area contributed by atoms with Crippen LogP contribution in [0.2, 0.25) is 0 Å². The molecule has 2 aromatic rings. The maximum Gasteiger partial charge on any atom is 0.309 e. The molecule has 0 aliphatic heterocycles. The van der Waals surface area contributed by atoms with Crippen molar-refractivity contribution in [2.24, 2.45) is 5.92 Å². The molecule has 1 saturated carbocycles. The highest BCUT2D eigenvalue weighted by atomic mass is 79.9. The van der Waals surface area contributed by atoms with E-state index in [1.54, 1.807) is 24.5 Å². The van der Waals surface area contributed by atoms with Crippen LogP contribution in [0.1, 0.15) is 23.6 Å². The van der Waals surface area contributed by atoms with Gasteiger partial charge in [-0.05, 0) is 24.6 Å². The van der Waals surface area contributed by atoms with E-state index < -0.39 is 0 Å². The summed E-state index contributed by atoms with van der Waals surface area (Å²) in [6.07, 6.45) is 3.99. The molecule has 1 heterocycles. The van der Waals surface area contributed by atoms with Crippen LogP contribution in [0.5, 0.6) is 0 Å².